The second-order valence-electron chi connectivity index (χ2n) is 6.19. The number of halogens is 1. The van der Waals surface area contributed by atoms with Crippen molar-refractivity contribution < 1.29 is 0 Å². The molecule has 0 unspecified atom stereocenters. The van der Waals surface area contributed by atoms with Gasteiger partial charge in [-0.2, -0.15) is 0 Å². The first-order valence-corrected chi connectivity index (χ1v) is 8.16. The minimum absolute atomic E-state index is 0.499. The number of nitrogens with zero attached hydrogens (tertiary/aromatic N) is 5. The molecule has 0 aromatic carbocycles. The molecule has 0 atom stereocenters. The first-order valence-electron chi connectivity index (χ1n) is 7.79. The van der Waals surface area contributed by atoms with Crippen molar-refractivity contribution in [2.75, 3.05) is 40.8 Å². The molecule has 6 heteroatoms. The zero-order valence-electron chi connectivity index (χ0n) is 13.8. The van der Waals surface area contributed by atoms with Crippen molar-refractivity contribution in [3.8, 4) is 0 Å². The van der Waals surface area contributed by atoms with Crippen LogP contribution in [0.2, 0.25) is 5.15 Å². The van der Waals surface area contributed by atoms with Gasteiger partial charge in [0.1, 0.15) is 5.15 Å². The van der Waals surface area contributed by atoms with Crippen LogP contribution in [0, 0.1) is 0 Å². The van der Waals surface area contributed by atoms with Crippen molar-refractivity contribution in [3.63, 3.8) is 0 Å². The molecule has 0 aliphatic carbocycles. The molecular formula is C17H22ClN5. The van der Waals surface area contributed by atoms with Gasteiger partial charge in [-0.1, -0.05) is 11.6 Å². The van der Waals surface area contributed by atoms with E-state index in [1.54, 1.807) is 6.07 Å². The van der Waals surface area contributed by atoms with Crippen LogP contribution in [-0.4, -0.2) is 65.7 Å². The molecule has 0 spiro atoms. The summed E-state index contributed by atoms with van der Waals surface area (Å²) in [6.45, 7) is 2.99. The number of rotatable bonds is 5. The van der Waals surface area contributed by atoms with E-state index in [4.69, 9.17) is 11.6 Å². The predicted octanol–water partition coefficient (Wildman–Crippen LogP) is 2.74. The van der Waals surface area contributed by atoms with Crippen molar-refractivity contribution >= 4 is 28.2 Å². The highest BCUT2D eigenvalue weighted by atomic mass is 35.5. The highest BCUT2D eigenvalue weighted by Gasteiger charge is 2.19. The Kier molecular flexibility index (Phi) is 4.80. The molecule has 5 nitrogen and oxygen atoms in total. The lowest BCUT2D eigenvalue weighted by molar-refractivity contribution is 0.0809. The van der Waals surface area contributed by atoms with Crippen LogP contribution in [0.25, 0.3) is 16.6 Å². The number of pyridine rings is 2. The maximum Gasteiger partial charge on any atom is 0.129 e. The van der Waals surface area contributed by atoms with Gasteiger partial charge in [-0.3, -0.25) is 4.98 Å². The third kappa shape index (κ3) is 3.80. The molecule has 0 amide bonds. The highest BCUT2D eigenvalue weighted by Crippen LogP contribution is 2.25. The largest absolute Gasteiger partial charge is 0.313 e. The maximum atomic E-state index is 5.99. The summed E-state index contributed by atoms with van der Waals surface area (Å²) in [5.74, 6) is 0. The van der Waals surface area contributed by atoms with Gasteiger partial charge in [-0.05, 0) is 50.8 Å². The standard InChI is InChI=1S/C17H22ClN5/c1-21(2)7-4-8-23-12-14(11-22(23)3)13-9-16-15(19-10-13)5-6-17(18)20-16/h5-6,9-10,12H,4,7-8,11H2,1-3H3. The van der Waals surface area contributed by atoms with Gasteiger partial charge in [-0.15, -0.1) is 0 Å². The quantitative estimate of drug-likeness (QED) is 0.787. The maximum absolute atomic E-state index is 5.99. The van der Waals surface area contributed by atoms with E-state index < -0.39 is 0 Å². The monoisotopic (exact) mass is 331 g/mol. The predicted molar refractivity (Wildman–Crippen MR) is 95.0 cm³/mol. The molecular weight excluding hydrogens is 310 g/mol. The van der Waals surface area contributed by atoms with Crippen LogP contribution in [0.3, 0.4) is 0 Å². The van der Waals surface area contributed by atoms with E-state index in [0.29, 0.717) is 5.15 Å². The fourth-order valence-corrected chi connectivity index (χ4v) is 2.92. The molecule has 3 rings (SSSR count). The number of hydrogen-bond acceptors (Lipinski definition) is 5. The van der Waals surface area contributed by atoms with Gasteiger partial charge in [0.15, 0.2) is 0 Å². The van der Waals surface area contributed by atoms with Gasteiger partial charge in [-0.25, -0.2) is 9.99 Å². The van der Waals surface area contributed by atoms with Crippen molar-refractivity contribution in [1.29, 1.82) is 0 Å². The summed E-state index contributed by atoms with van der Waals surface area (Å²) >= 11 is 5.99. The molecule has 0 bridgehead atoms. The first-order chi connectivity index (χ1) is 11.0. The number of aromatic nitrogens is 2. The van der Waals surface area contributed by atoms with Gasteiger partial charge < -0.3 is 9.91 Å². The van der Waals surface area contributed by atoms with Gasteiger partial charge >= 0.3 is 0 Å². The molecule has 1 aliphatic heterocycles. The third-order valence-electron chi connectivity index (χ3n) is 4.01. The Morgan fingerprint density at radius 2 is 2.09 bits per heavy atom. The summed E-state index contributed by atoms with van der Waals surface area (Å²) in [7, 11) is 6.32. The van der Waals surface area contributed by atoms with E-state index in [1.807, 2.05) is 12.3 Å². The molecule has 0 saturated heterocycles. The molecule has 0 fully saturated rings. The van der Waals surface area contributed by atoms with Crippen molar-refractivity contribution in [1.82, 2.24) is 24.9 Å². The van der Waals surface area contributed by atoms with Crippen LogP contribution in [-0.2, 0) is 0 Å². The van der Waals surface area contributed by atoms with E-state index in [9.17, 15) is 0 Å². The molecule has 3 heterocycles. The summed E-state index contributed by atoms with van der Waals surface area (Å²) in [6.07, 6.45) is 5.26. The Labute approximate surface area is 142 Å². The van der Waals surface area contributed by atoms with Gasteiger partial charge in [0.05, 0.1) is 11.0 Å². The average Bonchev–Trinajstić information content (AvgIpc) is 2.87. The summed E-state index contributed by atoms with van der Waals surface area (Å²) in [5.41, 5.74) is 4.07. The molecule has 122 valence electrons. The van der Waals surface area contributed by atoms with Crippen molar-refractivity contribution in [3.05, 3.63) is 41.3 Å². The zero-order chi connectivity index (χ0) is 16.4. The number of hydrazine groups is 1. The molecule has 2 aromatic rings. The lowest BCUT2D eigenvalue weighted by Crippen LogP contribution is -2.33. The van der Waals surface area contributed by atoms with Crippen molar-refractivity contribution in [2.45, 2.75) is 6.42 Å². The van der Waals surface area contributed by atoms with Gasteiger partial charge in [0, 0.05) is 38.1 Å². The van der Waals surface area contributed by atoms with E-state index in [1.165, 1.54) is 5.57 Å². The van der Waals surface area contributed by atoms with Crippen LogP contribution in [0.1, 0.15) is 12.0 Å². The Bertz CT molecular complexity index is 728. The zero-order valence-corrected chi connectivity index (χ0v) is 14.6. The average molecular weight is 332 g/mol. The van der Waals surface area contributed by atoms with Crippen molar-refractivity contribution in [2.24, 2.45) is 0 Å². The Morgan fingerprint density at radius 3 is 2.87 bits per heavy atom. The molecule has 2 aromatic heterocycles. The molecule has 0 radical (unpaired) electrons. The number of hydrogen-bond donors (Lipinski definition) is 0. The van der Waals surface area contributed by atoms with Crippen LogP contribution in [0.15, 0.2) is 30.6 Å². The second-order valence-corrected chi connectivity index (χ2v) is 6.57. The fraction of sp³-hybridized carbons (Fsp3) is 0.412. The molecule has 0 saturated carbocycles. The van der Waals surface area contributed by atoms with Gasteiger partial charge in [0.2, 0.25) is 0 Å². The van der Waals surface area contributed by atoms with E-state index >= 15 is 0 Å². The Balaban J connectivity index is 1.78. The second kappa shape index (κ2) is 6.83. The number of fused-ring (bicyclic) bond motifs is 1. The minimum Gasteiger partial charge on any atom is -0.313 e. The van der Waals surface area contributed by atoms with Crippen LogP contribution in [0.4, 0.5) is 0 Å². The first kappa shape index (κ1) is 16.2. The van der Waals surface area contributed by atoms with Crippen LogP contribution >= 0.6 is 11.6 Å². The molecule has 1 aliphatic rings. The summed E-state index contributed by atoms with van der Waals surface area (Å²) in [5, 5.41) is 5.01. The van der Waals surface area contributed by atoms with Crippen LogP contribution in [0.5, 0.6) is 0 Å². The highest BCUT2D eigenvalue weighted by molar-refractivity contribution is 6.29. The SMILES string of the molecule is CN(C)CCCN1C=C(c2cnc3ccc(Cl)nc3c2)CN1C. The smallest absolute Gasteiger partial charge is 0.129 e. The Hall–Kier alpha value is -1.69. The Morgan fingerprint density at radius 1 is 1.26 bits per heavy atom. The number of likely N-dealkylation sites (N-methyl/N-ethyl adjacent to an activating group) is 1. The third-order valence-corrected chi connectivity index (χ3v) is 4.22. The summed E-state index contributed by atoms with van der Waals surface area (Å²) in [6, 6.07) is 5.74. The lowest BCUT2D eigenvalue weighted by atomic mass is 10.1. The molecule has 0 N–H and O–H groups in total. The minimum atomic E-state index is 0.499. The van der Waals surface area contributed by atoms with Gasteiger partial charge in [0.25, 0.3) is 0 Å². The fourth-order valence-electron chi connectivity index (χ4n) is 2.76. The van der Waals surface area contributed by atoms with E-state index in [0.717, 1.165) is 42.7 Å². The van der Waals surface area contributed by atoms with E-state index in [2.05, 4.69) is 58.3 Å². The summed E-state index contributed by atoms with van der Waals surface area (Å²) < 4.78 is 0. The lowest BCUT2D eigenvalue weighted by Gasteiger charge is -2.25. The van der Waals surface area contributed by atoms with E-state index in [-0.39, 0.29) is 0 Å². The molecule has 23 heavy (non-hydrogen) atoms. The summed E-state index contributed by atoms with van der Waals surface area (Å²) in [4.78, 5) is 11.1. The van der Waals surface area contributed by atoms with Crippen LogP contribution < -0.4 is 0 Å². The topological polar surface area (TPSA) is 35.5 Å². The normalized spacial score (nSPS) is 15.7.